The van der Waals surface area contributed by atoms with Gasteiger partial charge in [0.1, 0.15) is 11.6 Å². The van der Waals surface area contributed by atoms with Crippen molar-refractivity contribution in [2.75, 3.05) is 13.1 Å². The molecule has 3 rings (SSSR count). The average Bonchev–Trinajstić information content (AvgIpc) is 2.98. The molecular weight excluding hydrogens is 433 g/mol. The fraction of sp³-hybridized carbons (Fsp3) is 0.190. The van der Waals surface area contributed by atoms with Gasteiger partial charge in [-0.05, 0) is 47.2 Å². The Balaban J connectivity index is 1.53. The Hall–Kier alpha value is -3.27. The molecule has 2 aromatic carbocycles. The van der Waals surface area contributed by atoms with Crippen LogP contribution in [0.3, 0.4) is 0 Å². The molecule has 0 radical (unpaired) electrons. The van der Waals surface area contributed by atoms with Crippen LogP contribution in [0.4, 0.5) is 18.0 Å². The minimum absolute atomic E-state index is 0.0219. The Morgan fingerprint density at radius 1 is 1.13 bits per heavy atom. The van der Waals surface area contributed by atoms with Crippen LogP contribution in [0.5, 0.6) is 5.75 Å². The molecule has 1 aliphatic rings. The highest BCUT2D eigenvalue weighted by Gasteiger charge is 2.34. The second kappa shape index (κ2) is 10.2. The van der Waals surface area contributed by atoms with E-state index in [-0.39, 0.29) is 35.7 Å². The molecule has 0 aromatic heterocycles. The normalized spacial score (nSPS) is 15.1. The van der Waals surface area contributed by atoms with E-state index in [1.807, 2.05) is 0 Å². The SMILES string of the molecule is O=C(Cc1ccccc1F)NCCN1C(=O)S/C(=C/c2ccc(OC(F)F)cc2)C1=O. The number of hydrogen-bond acceptors (Lipinski definition) is 5. The second-order valence-electron chi connectivity index (χ2n) is 6.40. The van der Waals surface area contributed by atoms with E-state index in [0.717, 1.165) is 16.7 Å². The van der Waals surface area contributed by atoms with E-state index >= 15 is 0 Å². The number of nitrogens with one attached hydrogen (secondary N) is 1. The predicted octanol–water partition coefficient (Wildman–Crippen LogP) is 3.82. The van der Waals surface area contributed by atoms with Gasteiger partial charge in [0, 0.05) is 13.1 Å². The van der Waals surface area contributed by atoms with Crippen molar-refractivity contribution in [1.29, 1.82) is 0 Å². The second-order valence-corrected chi connectivity index (χ2v) is 7.39. The number of thioether (sulfide) groups is 1. The average molecular weight is 450 g/mol. The van der Waals surface area contributed by atoms with E-state index in [9.17, 15) is 27.6 Å². The minimum Gasteiger partial charge on any atom is -0.435 e. The van der Waals surface area contributed by atoms with Crippen LogP contribution in [0.1, 0.15) is 11.1 Å². The smallest absolute Gasteiger partial charge is 0.387 e. The molecule has 1 heterocycles. The maximum absolute atomic E-state index is 13.6. The number of amides is 3. The van der Waals surface area contributed by atoms with Crippen LogP contribution in [0.2, 0.25) is 0 Å². The van der Waals surface area contributed by atoms with Crippen LogP contribution in [-0.4, -0.2) is 41.7 Å². The molecule has 0 saturated carbocycles. The summed E-state index contributed by atoms with van der Waals surface area (Å²) >= 11 is 0.740. The van der Waals surface area contributed by atoms with Gasteiger partial charge in [0.05, 0.1) is 11.3 Å². The maximum atomic E-state index is 13.6. The van der Waals surface area contributed by atoms with Gasteiger partial charge in [0.15, 0.2) is 0 Å². The molecule has 0 aliphatic carbocycles. The van der Waals surface area contributed by atoms with Gasteiger partial charge in [-0.3, -0.25) is 19.3 Å². The first-order chi connectivity index (χ1) is 14.8. The molecule has 1 N–H and O–H groups in total. The zero-order valence-corrected chi connectivity index (χ0v) is 16.8. The van der Waals surface area contributed by atoms with Crippen molar-refractivity contribution >= 4 is 34.9 Å². The molecular formula is C21H17F3N2O4S. The highest BCUT2D eigenvalue weighted by Crippen LogP contribution is 2.32. The highest BCUT2D eigenvalue weighted by molar-refractivity contribution is 8.18. The molecule has 31 heavy (non-hydrogen) atoms. The summed E-state index contributed by atoms with van der Waals surface area (Å²) in [5, 5.41) is 2.07. The van der Waals surface area contributed by atoms with Gasteiger partial charge < -0.3 is 10.1 Å². The zero-order valence-electron chi connectivity index (χ0n) is 16.0. The number of carbonyl (C=O) groups excluding carboxylic acids is 3. The largest absolute Gasteiger partial charge is 0.435 e. The van der Waals surface area contributed by atoms with Crippen molar-refractivity contribution in [3.05, 3.63) is 70.4 Å². The quantitative estimate of drug-likeness (QED) is 0.619. The van der Waals surface area contributed by atoms with Gasteiger partial charge in [-0.1, -0.05) is 30.3 Å². The first kappa shape index (κ1) is 22.4. The zero-order chi connectivity index (χ0) is 22.4. The summed E-state index contributed by atoms with van der Waals surface area (Å²) in [6, 6.07) is 11.5. The maximum Gasteiger partial charge on any atom is 0.387 e. The van der Waals surface area contributed by atoms with E-state index in [4.69, 9.17) is 0 Å². The van der Waals surface area contributed by atoms with E-state index < -0.39 is 29.5 Å². The molecule has 0 bridgehead atoms. The van der Waals surface area contributed by atoms with Gasteiger partial charge >= 0.3 is 6.61 Å². The highest BCUT2D eigenvalue weighted by atomic mass is 32.2. The monoisotopic (exact) mass is 450 g/mol. The first-order valence-electron chi connectivity index (χ1n) is 9.14. The number of rotatable bonds is 8. The standard InChI is InChI=1S/C21H17F3N2O4S/c22-16-4-2-1-3-14(16)12-18(27)25-9-10-26-19(28)17(31-21(26)29)11-13-5-7-15(8-6-13)30-20(23)24/h1-8,11,20H,9-10,12H2,(H,25,27)/b17-11+. The number of carbonyl (C=O) groups is 3. The van der Waals surface area contributed by atoms with Crippen molar-refractivity contribution < 1.29 is 32.3 Å². The number of nitrogens with zero attached hydrogens (tertiary/aromatic N) is 1. The molecule has 2 aromatic rings. The molecule has 0 spiro atoms. The van der Waals surface area contributed by atoms with Gasteiger partial charge in [-0.2, -0.15) is 8.78 Å². The Morgan fingerprint density at radius 2 is 1.84 bits per heavy atom. The Kier molecular flexibility index (Phi) is 7.35. The van der Waals surface area contributed by atoms with Gasteiger partial charge in [-0.15, -0.1) is 0 Å². The molecule has 0 unspecified atom stereocenters. The summed E-state index contributed by atoms with van der Waals surface area (Å²) in [6.07, 6.45) is 1.31. The van der Waals surface area contributed by atoms with Crippen molar-refractivity contribution in [2.45, 2.75) is 13.0 Å². The summed E-state index contributed by atoms with van der Waals surface area (Å²) in [7, 11) is 0. The number of benzene rings is 2. The summed E-state index contributed by atoms with van der Waals surface area (Å²) in [5.41, 5.74) is 0.782. The van der Waals surface area contributed by atoms with Crippen LogP contribution in [-0.2, 0) is 16.0 Å². The lowest BCUT2D eigenvalue weighted by molar-refractivity contribution is -0.124. The van der Waals surface area contributed by atoms with Crippen molar-refractivity contribution in [1.82, 2.24) is 10.2 Å². The molecule has 1 aliphatic heterocycles. The number of imide groups is 1. The lowest BCUT2D eigenvalue weighted by Crippen LogP contribution is -2.37. The van der Waals surface area contributed by atoms with E-state index in [1.54, 1.807) is 6.07 Å². The summed E-state index contributed by atoms with van der Waals surface area (Å²) in [5.74, 6) is -1.46. The lowest BCUT2D eigenvalue weighted by atomic mass is 10.1. The Bertz CT molecular complexity index is 1010. The van der Waals surface area contributed by atoms with Gasteiger partial charge in [0.25, 0.3) is 11.1 Å². The Morgan fingerprint density at radius 3 is 2.52 bits per heavy atom. The van der Waals surface area contributed by atoms with Gasteiger partial charge in [-0.25, -0.2) is 4.39 Å². The topological polar surface area (TPSA) is 75.7 Å². The van der Waals surface area contributed by atoms with E-state index in [0.29, 0.717) is 5.56 Å². The summed E-state index contributed by atoms with van der Waals surface area (Å²) in [4.78, 5) is 37.7. The Labute approximate surface area is 180 Å². The van der Waals surface area contributed by atoms with Crippen LogP contribution < -0.4 is 10.1 Å². The third-order valence-electron chi connectivity index (χ3n) is 4.24. The van der Waals surface area contributed by atoms with Crippen molar-refractivity contribution in [2.24, 2.45) is 0 Å². The van der Waals surface area contributed by atoms with Crippen LogP contribution in [0.15, 0.2) is 53.4 Å². The van der Waals surface area contributed by atoms with E-state index in [2.05, 4.69) is 10.1 Å². The number of alkyl halides is 2. The fourth-order valence-electron chi connectivity index (χ4n) is 2.77. The molecule has 6 nitrogen and oxygen atoms in total. The molecule has 3 amide bonds. The van der Waals surface area contributed by atoms with Crippen LogP contribution >= 0.6 is 11.8 Å². The first-order valence-corrected chi connectivity index (χ1v) is 9.95. The minimum atomic E-state index is -2.94. The molecule has 162 valence electrons. The predicted molar refractivity (Wildman–Crippen MR) is 109 cm³/mol. The van der Waals surface area contributed by atoms with Crippen LogP contribution in [0.25, 0.3) is 6.08 Å². The van der Waals surface area contributed by atoms with E-state index in [1.165, 1.54) is 48.5 Å². The van der Waals surface area contributed by atoms with Crippen molar-refractivity contribution in [3.8, 4) is 5.75 Å². The molecule has 1 fully saturated rings. The molecule has 1 saturated heterocycles. The van der Waals surface area contributed by atoms with Crippen molar-refractivity contribution in [3.63, 3.8) is 0 Å². The fourth-order valence-corrected chi connectivity index (χ4v) is 3.64. The molecule has 10 heteroatoms. The summed E-state index contributed by atoms with van der Waals surface area (Å²) < 4.78 is 42.2. The third-order valence-corrected chi connectivity index (χ3v) is 5.15. The summed E-state index contributed by atoms with van der Waals surface area (Å²) in [6.45, 7) is -2.95. The third kappa shape index (κ3) is 6.11. The number of ether oxygens (including phenoxy) is 1. The number of halogens is 3. The van der Waals surface area contributed by atoms with Gasteiger partial charge in [0.2, 0.25) is 5.91 Å². The molecule has 0 atom stereocenters. The van der Waals surface area contributed by atoms with Crippen LogP contribution in [0, 0.1) is 5.82 Å². The lowest BCUT2D eigenvalue weighted by Gasteiger charge is -2.13. The number of hydrogen-bond donors (Lipinski definition) is 1.